The molecule has 2 aliphatic rings. The lowest BCUT2D eigenvalue weighted by molar-refractivity contribution is 0.256. The van der Waals surface area contributed by atoms with E-state index in [0.717, 1.165) is 45.7 Å². The number of halogens is 1. The summed E-state index contributed by atoms with van der Waals surface area (Å²) >= 11 is 0. The number of nitrogens with zero attached hydrogens (tertiary/aromatic N) is 3. The van der Waals surface area contributed by atoms with Crippen LogP contribution in [0.4, 0.5) is 5.69 Å². The maximum absolute atomic E-state index is 5.84. The second-order valence-corrected chi connectivity index (χ2v) is 6.20. The summed E-state index contributed by atoms with van der Waals surface area (Å²) in [5, 5.41) is 3.22. The van der Waals surface area contributed by atoms with Crippen molar-refractivity contribution in [3.05, 3.63) is 30.3 Å². The minimum atomic E-state index is 0. The van der Waals surface area contributed by atoms with Gasteiger partial charge in [-0.2, -0.15) is 0 Å². The number of para-hydroxylation sites is 1. The van der Waals surface area contributed by atoms with Gasteiger partial charge >= 0.3 is 0 Å². The molecule has 0 unspecified atom stereocenters. The van der Waals surface area contributed by atoms with Crippen molar-refractivity contribution in [3.63, 3.8) is 0 Å². The van der Waals surface area contributed by atoms with Crippen molar-refractivity contribution >= 4 is 35.6 Å². The molecular weight excluding hydrogens is 401 g/mol. The van der Waals surface area contributed by atoms with Crippen LogP contribution >= 0.6 is 24.0 Å². The SMILES string of the molecule is I.NC(=NCCCN1CCN(c2ccccc2)CC1)NC1CC1. The van der Waals surface area contributed by atoms with Gasteiger partial charge in [-0.1, -0.05) is 18.2 Å². The van der Waals surface area contributed by atoms with Gasteiger partial charge < -0.3 is 16.0 Å². The topological polar surface area (TPSA) is 56.9 Å². The lowest BCUT2D eigenvalue weighted by Crippen LogP contribution is -2.46. The fraction of sp³-hybridized carbons (Fsp3) is 0.588. The van der Waals surface area contributed by atoms with E-state index >= 15 is 0 Å². The lowest BCUT2D eigenvalue weighted by atomic mass is 10.2. The van der Waals surface area contributed by atoms with E-state index in [-0.39, 0.29) is 24.0 Å². The van der Waals surface area contributed by atoms with Gasteiger partial charge in [0.2, 0.25) is 0 Å². The zero-order chi connectivity index (χ0) is 15.2. The van der Waals surface area contributed by atoms with Crippen LogP contribution in [0, 0.1) is 0 Å². The monoisotopic (exact) mass is 429 g/mol. The molecule has 0 amide bonds. The molecule has 0 atom stereocenters. The standard InChI is InChI=1S/C17H27N5.HI/c18-17(20-15-7-8-15)19-9-4-10-21-11-13-22(14-12-21)16-5-2-1-3-6-16;/h1-3,5-6,15H,4,7-14H2,(H3,18,19,20);1H. The van der Waals surface area contributed by atoms with E-state index in [1.165, 1.54) is 18.5 Å². The predicted octanol–water partition coefficient (Wildman–Crippen LogP) is 1.88. The number of hydrogen-bond acceptors (Lipinski definition) is 3. The van der Waals surface area contributed by atoms with Crippen molar-refractivity contribution in [1.82, 2.24) is 10.2 Å². The molecule has 1 aromatic rings. The average molecular weight is 429 g/mol. The first-order valence-corrected chi connectivity index (χ1v) is 8.40. The third-order valence-electron chi connectivity index (χ3n) is 4.34. The highest BCUT2D eigenvalue weighted by Gasteiger charge is 2.21. The molecule has 3 N–H and O–H groups in total. The van der Waals surface area contributed by atoms with Crippen molar-refractivity contribution in [3.8, 4) is 0 Å². The molecule has 1 aliphatic heterocycles. The van der Waals surface area contributed by atoms with Gasteiger partial charge in [0, 0.05) is 51.0 Å². The zero-order valence-electron chi connectivity index (χ0n) is 13.7. The highest BCUT2D eigenvalue weighted by Crippen LogP contribution is 2.18. The van der Waals surface area contributed by atoms with E-state index in [1.807, 2.05) is 0 Å². The van der Waals surface area contributed by atoms with Gasteiger partial charge in [0.25, 0.3) is 0 Å². The van der Waals surface area contributed by atoms with Gasteiger partial charge in [0.1, 0.15) is 0 Å². The molecule has 1 aliphatic carbocycles. The summed E-state index contributed by atoms with van der Waals surface area (Å²) in [6.45, 7) is 6.42. The first kappa shape index (κ1) is 18.3. The number of rotatable bonds is 6. The van der Waals surface area contributed by atoms with E-state index in [1.54, 1.807) is 0 Å². The first-order chi connectivity index (χ1) is 10.8. The molecule has 1 saturated heterocycles. The Balaban J connectivity index is 0.00000192. The van der Waals surface area contributed by atoms with Gasteiger partial charge in [-0.25, -0.2) is 0 Å². The molecule has 3 rings (SSSR count). The van der Waals surface area contributed by atoms with Crippen molar-refractivity contribution < 1.29 is 0 Å². The van der Waals surface area contributed by atoms with Crippen molar-refractivity contribution in [2.24, 2.45) is 10.7 Å². The van der Waals surface area contributed by atoms with E-state index in [4.69, 9.17) is 5.73 Å². The summed E-state index contributed by atoms with van der Waals surface area (Å²) in [5.74, 6) is 0.622. The highest BCUT2D eigenvalue weighted by atomic mass is 127. The van der Waals surface area contributed by atoms with Crippen LogP contribution in [-0.4, -0.2) is 56.2 Å². The van der Waals surface area contributed by atoms with Gasteiger partial charge in [-0.15, -0.1) is 24.0 Å². The number of anilines is 1. The van der Waals surface area contributed by atoms with Gasteiger partial charge in [0.05, 0.1) is 0 Å². The zero-order valence-corrected chi connectivity index (χ0v) is 16.0. The normalized spacial score (nSPS) is 19.3. The molecular formula is C17H28IN5. The molecule has 5 nitrogen and oxygen atoms in total. The summed E-state index contributed by atoms with van der Waals surface area (Å²) in [6, 6.07) is 11.3. The summed E-state index contributed by atoms with van der Waals surface area (Å²) in [5.41, 5.74) is 7.17. The number of hydrogen-bond donors (Lipinski definition) is 2. The van der Waals surface area contributed by atoms with Crippen molar-refractivity contribution in [2.45, 2.75) is 25.3 Å². The molecule has 2 fully saturated rings. The summed E-state index contributed by atoms with van der Waals surface area (Å²) in [4.78, 5) is 9.39. The Morgan fingerprint density at radius 1 is 1.13 bits per heavy atom. The maximum Gasteiger partial charge on any atom is 0.188 e. The molecule has 0 spiro atoms. The van der Waals surface area contributed by atoms with Crippen LogP contribution in [0.25, 0.3) is 0 Å². The fourth-order valence-corrected chi connectivity index (χ4v) is 2.84. The Hall–Kier alpha value is -1.02. The maximum atomic E-state index is 5.84. The third-order valence-corrected chi connectivity index (χ3v) is 4.34. The van der Waals surface area contributed by atoms with Crippen LogP contribution in [0.1, 0.15) is 19.3 Å². The van der Waals surface area contributed by atoms with Crippen molar-refractivity contribution in [1.29, 1.82) is 0 Å². The average Bonchev–Trinajstić information content (AvgIpc) is 3.37. The molecule has 6 heteroatoms. The molecule has 1 saturated carbocycles. The van der Waals surface area contributed by atoms with Crippen LogP contribution in [0.3, 0.4) is 0 Å². The Morgan fingerprint density at radius 2 is 1.83 bits per heavy atom. The Morgan fingerprint density at radius 3 is 2.48 bits per heavy atom. The molecule has 1 aromatic carbocycles. The first-order valence-electron chi connectivity index (χ1n) is 8.40. The Bertz CT molecular complexity index is 481. The van der Waals surface area contributed by atoms with E-state index in [0.29, 0.717) is 12.0 Å². The summed E-state index contributed by atoms with van der Waals surface area (Å²) in [6.07, 6.45) is 3.56. The van der Waals surface area contributed by atoms with Gasteiger partial charge in [0.15, 0.2) is 5.96 Å². The van der Waals surface area contributed by atoms with E-state index in [9.17, 15) is 0 Å². The predicted molar refractivity (Wildman–Crippen MR) is 108 cm³/mol. The Labute approximate surface area is 156 Å². The van der Waals surface area contributed by atoms with Crippen LogP contribution in [0.5, 0.6) is 0 Å². The quantitative estimate of drug-likeness (QED) is 0.314. The van der Waals surface area contributed by atoms with Crippen LogP contribution in [0.15, 0.2) is 35.3 Å². The van der Waals surface area contributed by atoms with Crippen LogP contribution < -0.4 is 16.0 Å². The second-order valence-electron chi connectivity index (χ2n) is 6.20. The molecule has 23 heavy (non-hydrogen) atoms. The number of nitrogens with two attached hydrogens (primary N) is 1. The van der Waals surface area contributed by atoms with Gasteiger partial charge in [-0.05, 0) is 31.4 Å². The highest BCUT2D eigenvalue weighted by molar-refractivity contribution is 14.0. The molecule has 0 radical (unpaired) electrons. The summed E-state index contributed by atoms with van der Waals surface area (Å²) in [7, 11) is 0. The summed E-state index contributed by atoms with van der Waals surface area (Å²) < 4.78 is 0. The molecule has 0 bridgehead atoms. The number of guanidine groups is 1. The third kappa shape index (κ3) is 6.18. The Kier molecular flexibility index (Phi) is 7.42. The molecule has 1 heterocycles. The lowest BCUT2D eigenvalue weighted by Gasteiger charge is -2.36. The van der Waals surface area contributed by atoms with Gasteiger partial charge in [-0.3, -0.25) is 9.89 Å². The fourth-order valence-electron chi connectivity index (χ4n) is 2.84. The molecule has 0 aromatic heterocycles. The molecule has 128 valence electrons. The smallest absolute Gasteiger partial charge is 0.188 e. The van der Waals surface area contributed by atoms with E-state index in [2.05, 4.69) is 50.4 Å². The van der Waals surface area contributed by atoms with Crippen molar-refractivity contribution in [2.75, 3.05) is 44.2 Å². The van der Waals surface area contributed by atoms with E-state index < -0.39 is 0 Å². The minimum absolute atomic E-state index is 0. The number of piperazine rings is 1. The number of aliphatic imine (C=N–C) groups is 1. The van der Waals surface area contributed by atoms with Crippen LogP contribution in [-0.2, 0) is 0 Å². The minimum Gasteiger partial charge on any atom is -0.370 e. The second kappa shape index (κ2) is 9.32. The number of benzene rings is 1. The largest absolute Gasteiger partial charge is 0.370 e. The van der Waals surface area contributed by atoms with Crippen LogP contribution in [0.2, 0.25) is 0 Å². The number of nitrogens with one attached hydrogen (secondary N) is 1.